The number of anilines is 1. The number of hydrogen-bond donors (Lipinski definition) is 1. The van der Waals surface area contributed by atoms with E-state index in [0.29, 0.717) is 15.7 Å². The molecular formula is C14H10BrF4NS. The molecule has 0 amide bonds. The number of benzene rings is 2. The Labute approximate surface area is 131 Å². The van der Waals surface area contributed by atoms with Crippen LogP contribution in [0.3, 0.4) is 0 Å². The second kappa shape index (κ2) is 6.70. The maximum absolute atomic E-state index is 13.7. The van der Waals surface area contributed by atoms with Crippen molar-refractivity contribution in [3.63, 3.8) is 0 Å². The van der Waals surface area contributed by atoms with Gasteiger partial charge in [0.2, 0.25) is 0 Å². The molecule has 2 aromatic rings. The summed E-state index contributed by atoms with van der Waals surface area (Å²) in [6.45, 7) is 0.106. The summed E-state index contributed by atoms with van der Waals surface area (Å²) in [5, 5.41) is 2.84. The fourth-order valence-electron chi connectivity index (χ4n) is 1.68. The first-order chi connectivity index (χ1) is 9.85. The molecule has 1 N–H and O–H groups in total. The summed E-state index contributed by atoms with van der Waals surface area (Å²) < 4.78 is 51.7. The van der Waals surface area contributed by atoms with Crippen LogP contribution in [0, 0.1) is 5.82 Å². The lowest BCUT2D eigenvalue weighted by Crippen LogP contribution is -2.05. The third-order valence-corrected chi connectivity index (χ3v) is 3.90. The fourth-order valence-corrected chi connectivity index (χ4v) is 2.66. The molecule has 1 nitrogen and oxygen atoms in total. The zero-order chi connectivity index (χ0) is 15.5. The Hall–Kier alpha value is -1.21. The van der Waals surface area contributed by atoms with Crippen molar-refractivity contribution in [2.24, 2.45) is 0 Å². The predicted molar refractivity (Wildman–Crippen MR) is 79.8 cm³/mol. The smallest absolute Gasteiger partial charge is 0.380 e. The van der Waals surface area contributed by atoms with Gasteiger partial charge in [0.1, 0.15) is 5.82 Å². The van der Waals surface area contributed by atoms with Crippen molar-refractivity contribution < 1.29 is 17.6 Å². The van der Waals surface area contributed by atoms with Crippen LogP contribution in [0.2, 0.25) is 0 Å². The second-order valence-corrected chi connectivity index (χ2v) is 6.16. The van der Waals surface area contributed by atoms with Crippen LogP contribution < -0.4 is 5.32 Å². The van der Waals surface area contributed by atoms with E-state index in [1.54, 1.807) is 18.2 Å². The van der Waals surface area contributed by atoms with Gasteiger partial charge in [0.15, 0.2) is 0 Å². The first-order valence-electron chi connectivity index (χ1n) is 5.88. The van der Waals surface area contributed by atoms with Crippen LogP contribution in [0.4, 0.5) is 23.2 Å². The van der Waals surface area contributed by atoms with Crippen LogP contribution in [0.25, 0.3) is 0 Å². The molecule has 0 unspecified atom stereocenters. The second-order valence-electron chi connectivity index (χ2n) is 4.13. The molecule has 0 aromatic heterocycles. The minimum atomic E-state index is -4.36. The highest BCUT2D eigenvalue weighted by atomic mass is 79.9. The number of para-hydroxylation sites is 1. The third kappa shape index (κ3) is 4.93. The third-order valence-electron chi connectivity index (χ3n) is 2.60. The highest BCUT2D eigenvalue weighted by molar-refractivity contribution is 9.10. The van der Waals surface area contributed by atoms with Gasteiger partial charge in [-0.15, -0.1) is 0 Å². The number of thioether (sulfide) groups is 1. The van der Waals surface area contributed by atoms with Gasteiger partial charge >= 0.3 is 5.51 Å². The molecule has 21 heavy (non-hydrogen) atoms. The highest BCUT2D eigenvalue weighted by Crippen LogP contribution is 2.40. The van der Waals surface area contributed by atoms with E-state index in [1.807, 2.05) is 0 Å². The standard InChI is InChI=1S/C14H10BrF4NS/c15-10-6-5-9(11(16)7-10)8-20-12-3-1-2-4-13(12)21-14(17,18)19/h1-7,20H,8H2. The Kier molecular flexibility index (Phi) is 5.16. The Bertz CT molecular complexity index is 631. The first-order valence-corrected chi connectivity index (χ1v) is 7.49. The Balaban J connectivity index is 2.13. The lowest BCUT2D eigenvalue weighted by Gasteiger charge is -2.13. The molecule has 0 fully saturated rings. The molecule has 0 heterocycles. The summed E-state index contributed by atoms with van der Waals surface area (Å²) in [6, 6.07) is 10.6. The number of hydrogen-bond acceptors (Lipinski definition) is 2. The quantitative estimate of drug-likeness (QED) is 0.531. The van der Waals surface area contributed by atoms with Crippen molar-refractivity contribution in [2.75, 3.05) is 5.32 Å². The molecule has 0 saturated heterocycles. The summed E-state index contributed by atoms with van der Waals surface area (Å²) in [4.78, 5) is 0.0579. The number of nitrogens with one attached hydrogen (secondary N) is 1. The van der Waals surface area contributed by atoms with Gasteiger partial charge in [0.05, 0.1) is 0 Å². The van der Waals surface area contributed by atoms with Gasteiger partial charge in [-0.2, -0.15) is 13.2 Å². The average Bonchev–Trinajstić information content (AvgIpc) is 2.37. The minimum Gasteiger partial charge on any atom is -0.380 e. The van der Waals surface area contributed by atoms with Crippen LogP contribution >= 0.6 is 27.7 Å². The monoisotopic (exact) mass is 379 g/mol. The highest BCUT2D eigenvalue weighted by Gasteiger charge is 2.30. The SMILES string of the molecule is Fc1cc(Br)ccc1CNc1ccccc1SC(F)(F)F. The predicted octanol–water partition coefficient (Wildman–Crippen LogP) is 5.81. The summed E-state index contributed by atoms with van der Waals surface area (Å²) in [5.74, 6) is -0.419. The van der Waals surface area contributed by atoms with E-state index in [1.165, 1.54) is 24.3 Å². The van der Waals surface area contributed by atoms with E-state index in [-0.39, 0.29) is 23.2 Å². The minimum absolute atomic E-state index is 0.0579. The maximum Gasteiger partial charge on any atom is 0.446 e. The number of alkyl halides is 3. The van der Waals surface area contributed by atoms with Crippen LogP contribution in [-0.4, -0.2) is 5.51 Å². The zero-order valence-corrected chi connectivity index (χ0v) is 12.9. The Morgan fingerprint density at radius 3 is 2.48 bits per heavy atom. The molecular weight excluding hydrogens is 370 g/mol. The summed E-state index contributed by atoms with van der Waals surface area (Å²) in [5.41, 5.74) is -3.66. The van der Waals surface area contributed by atoms with E-state index < -0.39 is 11.3 Å². The van der Waals surface area contributed by atoms with E-state index >= 15 is 0 Å². The lowest BCUT2D eigenvalue weighted by molar-refractivity contribution is -0.0327. The largest absolute Gasteiger partial charge is 0.446 e. The maximum atomic E-state index is 13.7. The van der Waals surface area contributed by atoms with Crippen LogP contribution in [0.5, 0.6) is 0 Å². The molecule has 0 bridgehead atoms. The summed E-state index contributed by atoms with van der Waals surface area (Å²) in [7, 11) is 0. The molecule has 0 spiro atoms. The van der Waals surface area contributed by atoms with Gasteiger partial charge in [0.25, 0.3) is 0 Å². The van der Waals surface area contributed by atoms with Gasteiger partial charge in [-0.05, 0) is 36.0 Å². The average molecular weight is 380 g/mol. The van der Waals surface area contributed by atoms with Gasteiger partial charge < -0.3 is 5.32 Å². The molecule has 0 atom stereocenters. The normalized spacial score (nSPS) is 11.5. The Morgan fingerprint density at radius 1 is 1.10 bits per heavy atom. The van der Waals surface area contributed by atoms with Crippen molar-refractivity contribution in [1.29, 1.82) is 0 Å². The topological polar surface area (TPSA) is 12.0 Å². The molecule has 0 aliphatic heterocycles. The molecule has 0 aliphatic carbocycles. The molecule has 112 valence electrons. The zero-order valence-electron chi connectivity index (χ0n) is 10.5. The molecule has 0 aliphatic rings. The van der Waals surface area contributed by atoms with Crippen molar-refractivity contribution >= 4 is 33.4 Å². The molecule has 7 heteroatoms. The van der Waals surface area contributed by atoms with E-state index in [2.05, 4.69) is 21.2 Å². The number of halogens is 5. The van der Waals surface area contributed by atoms with Crippen molar-refractivity contribution in [2.45, 2.75) is 16.9 Å². The fraction of sp³-hybridized carbons (Fsp3) is 0.143. The molecule has 2 aromatic carbocycles. The van der Waals surface area contributed by atoms with Crippen LogP contribution in [0.1, 0.15) is 5.56 Å². The number of rotatable bonds is 4. The van der Waals surface area contributed by atoms with Crippen LogP contribution in [0.15, 0.2) is 51.8 Å². The summed E-state index contributed by atoms with van der Waals surface area (Å²) >= 11 is 2.95. The van der Waals surface area contributed by atoms with Crippen molar-refractivity contribution in [3.8, 4) is 0 Å². The molecule has 0 radical (unpaired) electrons. The van der Waals surface area contributed by atoms with Crippen molar-refractivity contribution in [1.82, 2.24) is 0 Å². The molecule has 2 rings (SSSR count). The van der Waals surface area contributed by atoms with Gasteiger partial charge in [-0.1, -0.05) is 34.1 Å². The van der Waals surface area contributed by atoms with Gasteiger partial charge in [-0.3, -0.25) is 0 Å². The van der Waals surface area contributed by atoms with E-state index in [4.69, 9.17) is 0 Å². The van der Waals surface area contributed by atoms with E-state index in [9.17, 15) is 17.6 Å². The Morgan fingerprint density at radius 2 is 1.81 bits per heavy atom. The van der Waals surface area contributed by atoms with Gasteiger partial charge in [0, 0.05) is 27.2 Å². The van der Waals surface area contributed by atoms with Crippen molar-refractivity contribution in [3.05, 3.63) is 58.3 Å². The first kappa shape index (κ1) is 16.2. The van der Waals surface area contributed by atoms with Gasteiger partial charge in [-0.25, -0.2) is 4.39 Å². The van der Waals surface area contributed by atoms with Crippen LogP contribution in [-0.2, 0) is 6.54 Å². The lowest BCUT2D eigenvalue weighted by atomic mass is 10.2. The van der Waals surface area contributed by atoms with E-state index in [0.717, 1.165) is 0 Å². The summed E-state index contributed by atoms with van der Waals surface area (Å²) in [6.07, 6.45) is 0. The molecule has 0 saturated carbocycles.